The molecule has 2 spiro atoms. The average molecular weight is 348 g/mol. The van der Waals surface area contributed by atoms with Crippen LogP contribution in [0.2, 0.25) is 0 Å². The minimum absolute atomic E-state index is 0.753. The molecule has 0 saturated heterocycles. The minimum Gasteiger partial charge on any atom is -0.0887 e. The second-order valence-corrected chi connectivity index (χ2v) is 9.36. The summed E-state index contributed by atoms with van der Waals surface area (Å²) in [7, 11) is 0. The Bertz CT molecular complexity index is 297. The van der Waals surface area contributed by atoms with Crippen molar-refractivity contribution in [1.29, 1.82) is 0 Å². The Kier molecular flexibility index (Phi) is 2.23. The number of alkyl halides is 2. The van der Waals surface area contributed by atoms with Gasteiger partial charge in [0.2, 0.25) is 0 Å². The first-order chi connectivity index (χ1) is 7.64. The first kappa shape index (κ1) is 10.8. The fraction of sp³-hybridized carbons (Fsp3) is 1.00. The lowest BCUT2D eigenvalue weighted by atomic mass is 9.52. The third-order valence-corrected chi connectivity index (χ3v) is 8.76. The van der Waals surface area contributed by atoms with Gasteiger partial charge >= 0.3 is 0 Å². The molecule has 0 nitrogen and oxygen atoms in total. The van der Waals surface area contributed by atoms with E-state index in [2.05, 4.69) is 31.9 Å². The van der Waals surface area contributed by atoms with Crippen LogP contribution in [0.25, 0.3) is 0 Å². The molecule has 0 heterocycles. The quantitative estimate of drug-likeness (QED) is 0.547. The Morgan fingerprint density at radius 1 is 0.688 bits per heavy atom. The number of fused-ring (bicyclic) bond motifs is 2. The van der Waals surface area contributed by atoms with Crippen LogP contribution in [0.3, 0.4) is 0 Å². The molecule has 6 atom stereocenters. The number of rotatable bonds is 0. The molecule has 0 N–H and O–H groups in total. The van der Waals surface area contributed by atoms with Gasteiger partial charge in [-0.1, -0.05) is 31.9 Å². The van der Waals surface area contributed by atoms with E-state index in [9.17, 15) is 0 Å². The summed E-state index contributed by atoms with van der Waals surface area (Å²) >= 11 is 8.00. The van der Waals surface area contributed by atoms with Crippen molar-refractivity contribution in [3.8, 4) is 0 Å². The SMILES string of the molecule is Br[C@@H]1C[C@]23CC[C@@H](C2)[C@H](Br)C[C@]32CC[C@@H]1C2. The smallest absolute Gasteiger partial charge is 0.0179 e. The van der Waals surface area contributed by atoms with Gasteiger partial charge in [0.15, 0.2) is 0 Å². The summed E-state index contributed by atoms with van der Waals surface area (Å²) in [6.07, 6.45) is 12.1. The van der Waals surface area contributed by atoms with Gasteiger partial charge in [-0.15, -0.1) is 0 Å². The highest BCUT2D eigenvalue weighted by molar-refractivity contribution is 9.09. The highest BCUT2D eigenvalue weighted by Gasteiger charge is 2.65. The van der Waals surface area contributed by atoms with Crippen molar-refractivity contribution in [2.24, 2.45) is 22.7 Å². The van der Waals surface area contributed by atoms with Gasteiger partial charge in [0.1, 0.15) is 0 Å². The Balaban J connectivity index is 1.79. The maximum absolute atomic E-state index is 4.00. The van der Waals surface area contributed by atoms with Crippen molar-refractivity contribution in [3.05, 3.63) is 0 Å². The van der Waals surface area contributed by atoms with Gasteiger partial charge in [-0.25, -0.2) is 0 Å². The third kappa shape index (κ3) is 1.17. The monoisotopic (exact) mass is 346 g/mol. The highest BCUT2D eigenvalue weighted by Crippen LogP contribution is 2.73. The molecule has 4 bridgehead atoms. The minimum atomic E-state index is 0.753. The summed E-state index contributed by atoms with van der Waals surface area (Å²) < 4.78 is 0. The molecule has 0 aromatic heterocycles. The fourth-order valence-corrected chi connectivity index (χ4v) is 7.94. The van der Waals surface area contributed by atoms with Crippen LogP contribution < -0.4 is 0 Å². The Labute approximate surface area is 115 Å². The predicted molar refractivity (Wildman–Crippen MR) is 74.2 cm³/mol. The van der Waals surface area contributed by atoms with Crippen LogP contribution in [0.5, 0.6) is 0 Å². The average Bonchev–Trinajstić information content (AvgIpc) is 2.78. The molecule has 4 aliphatic rings. The van der Waals surface area contributed by atoms with Crippen molar-refractivity contribution >= 4 is 31.9 Å². The zero-order chi connectivity index (χ0) is 11.0. The molecular weight excluding hydrogens is 328 g/mol. The van der Waals surface area contributed by atoms with Crippen molar-refractivity contribution in [3.63, 3.8) is 0 Å². The van der Waals surface area contributed by atoms with Crippen LogP contribution in [-0.4, -0.2) is 9.65 Å². The molecule has 90 valence electrons. The topological polar surface area (TPSA) is 0 Å². The van der Waals surface area contributed by atoms with Gasteiger partial charge in [0, 0.05) is 9.65 Å². The van der Waals surface area contributed by atoms with E-state index >= 15 is 0 Å². The first-order valence-corrected chi connectivity index (χ1v) is 8.76. The zero-order valence-corrected chi connectivity index (χ0v) is 12.9. The molecule has 0 radical (unpaired) electrons. The Morgan fingerprint density at radius 2 is 1.12 bits per heavy atom. The van der Waals surface area contributed by atoms with E-state index in [4.69, 9.17) is 0 Å². The lowest BCUT2D eigenvalue weighted by molar-refractivity contribution is -0.0242. The summed E-state index contributed by atoms with van der Waals surface area (Å²) in [5.41, 5.74) is 1.51. The largest absolute Gasteiger partial charge is 0.0887 e. The maximum Gasteiger partial charge on any atom is 0.0179 e. The summed E-state index contributed by atoms with van der Waals surface area (Å²) in [5, 5.41) is 0. The van der Waals surface area contributed by atoms with Gasteiger partial charge in [0.25, 0.3) is 0 Å². The van der Waals surface area contributed by atoms with Crippen molar-refractivity contribution in [2.45, 2.75) is 61.0 Å². The van der Waals surface area contributed by atoms with Gasteiger partial charge in [-0.3, -0.25) is 0 Å². The second-order valence-electron chi connectivity index (χ2n) is 7.01. The molecule has 4 rings (SSSR count). The van der Waals surface area contributed by atoms with Crippen LogP contribution in [0.4, 0.5) is 0 Å². The number of hydrogen-bond acceptors (Lipinski definition) is 0. The van der Waals surface area contributed by atoms with Gasteiger partial charge < -0.3 is 0 Å². The van der Waals surface area contributed by atoms with Gasteiger partial charge in [-0.2, -0.15) is 0 Å². The van der Waals surface area contributed by atoms with Crippen LogP contribution >= 0.6 is 31.9 Å². The fourth-order valence-electron chi connectivity index (χ4n) is 5.80. The first-order valence-electron chi connectivity index (χ1n) is 6.92. The summed E-state index contributed by atoms with van der Waals surface area (Å²) in [5.74, 6) is 2.00. The maximum atomic E-state index is 4.00. The normalized spacial score (nSPS) is 63.4. The van der Waals surface area contributed by atoms with E-state index < -0.39 is 0 Å². The van der Waals surface area contributed by atoms with E-state index in [1.807, 2.05) is 0 Å². The molecule has 4 fully saturated rings. The van der Waals surface area contributed by atoms with Crippen molar-refractivity contribution in [1.82, 2.24) is 0 Å². The van der Waals surface area contributed by atoms with Crippen LogP contribution in [-0.2, 0) is 0 Å². The van der Waals surface area contributed by atoms with Crippen LogP contribution in [0, 0.1) is 22.7 Å². The van der Waals surface area contributed by atoms with Gasteiger partial charge in [-0.05, 0) is 74.0 Å². The van der Waals surface area contributed by atoms with Crippen molar-refractivity contribution in [2.75, 3.05) is 0 Å². The molecule has 0 aromatic carbocycles. The molecule has 0 aromatic rings. The van der Waals surface area contributed by atoms with E-state index in [-0.39, 0.29) is 0 Å². The zero-order valence-electron chi connectivity index (χ0n) is 9.72. The molecule has 4 saturated carbocycles. The number of hydrogen-bond donors (Lipinski definition) is 0. The number of halogens is 2. The van der Waals surface area contributed by atoms with Crippen LogP contribution in [0.15, 0.2) is 0 Å². The lowest BCUT2D eigenvalue weighted by Gasteiger charge is -2.55. The standard InChI is InChI=1S/C14H20Br2/c15-11-7-14-4-2-10(6-14)12(16)8-13(14)3-1-9(11)5-13/h9-12H,1-8H2/t9-,10+,11-,12-,13-,14+/m1/s1. The summed E-state index contributed by atoms with van der Waals surface area (Å²) in [4.78, 5) is 1.68. The molecule has 16 heavy (non-hydrogen) atoms. The molecule has 2 heteroatoms. The highest BCUT2D eigenvalue weighted by atomic mass is 79.9. The molecule has 0 amide bonds. The second kappa shape index (κ2) is 3.29. The lowest BCUT2D eigenvalue weighted by Crippen LogP contribution is -2.49. The summed E-state index contributed by atoms with van der Waals surface area (Å²) in [6.45, 7) is 0. The van der Waals surface area contributed by atoms with Gasteiger partial charge in [0.05, 0.1) is 0 Å². The Morgan fingerprint density at radius 3 is 1.56 bits per heavy atom. The van der Waals surface area contributed by atoms with Crippen molar-refractivity contribution < 1.29 is 0 Å². The molecular formula is C14H20Br2. The van der Waals surface area contributed by atoms with E-state index in [0.717, 1.165) is 32.3 Å². The summed E-state index contributed by atoms with van der Waals surface area (Å²) in [6, 6.07) is 0. The molecule has 0 aliphatic heterocycles. The van der Waals surface area contributed by atoms with Crippen LogP contribution in [0.1, 0.15) is 51.4 Å². The molecule has 4 aliphatic carbocycles. The van der Waals surface area contributed by atoms with E-state index in [1.165, 1.54) is 51.4 Å². The molecule has 0 unspecified atom stereocenters. The van der Waals surface area contributed by atoms with E-state index in [0.29, 0.717) is 0 Å². The van der Waals surface area contributed by atoms with E-state index in [1.54, 1.807) is 0 Å². The Hall–Kier alpha value is 0.960. The third-order valence-electron chi connectivity index (χ3n) is 6.61. The predicted octanol–water partition coefficient (Wildman–Crippen LogP) is 4.89.